The Bertz CT molecular complexity index is 472. The second-order valence-corrected chi connectivity index (χ2v) is 5.08. The molecule has 0 amide bonds. The van der Waals surface area contributed by atoms with Crippen LogP contribution in [0.25, 0.3) is 0 Å². The molecular formula is C14H20N4O2S. The van der Waals surface area contributed by atoms with E-state index >= 15 is 0 Å². The van der Waals surface area contributed by atoms with Gasteiger partial charge < -0.3 is 15.2 Å². The molecule has 0 aromatic heterocycles. The van der Waals surface area contributed by atoms with Gasteiger partial charge in [-0.3, -0.25) is 10.3 Å². The number of nitrogens with one attached hydrogen (secondary N) is 2. The minimum atomic E-state index is 0.236. The number of hydrogen-bond donors (Lipinski definition) is 3. The van der Waals surface area contributed by atoms with Crippen LogP contribution in [0.5, 0.6) is 5.75 Å². The highest BCUT2D eigenvalue weighted by Crippen LogP contribution is 2.07. The van der Waals surface area contributed by atoms with Gasteiger partial charge in [-0.2, -0.15) is 5.10 Å². The third-order valence-electron chi connectivity index (χ3n) is 3.09. The van der Waals surface area contributed by atoms with Crippen molar-refractivity contribution in [1.82, 2.24) is 15.6 Å². The first-order chi connectivity index (χ1) is 10.2. The summed E-state index contributed by atoms with van der Waals surface area (Å²) in [5, 5.41) is 16.8. The molecule has 114 valence electrons. The molecule has 0 radical (unpaired) electrons. The minimum Gasteiger partial charge on any atom is -0.508 e. The molecule has 1 aliphatic rings. The third kappa shape index (κ3) is 6.07. The number of aromatic hydroxyl groups is 1. The average Bonchev–Trinajstić information content (AvgIpc) is 2.50. The number of phenolic OH excluding ortho intramolecular Hbond substituents is 1. The monoisotopic (exact) mass is 308 g/mol. The van der Waals surface area contributed by atoms with E-state index in [1.54, 1.807) is 30.5 Å². The lowest BCUT2D eigenvalue weighted by Gasteiger charge is -2.26. The van der Waals surface area contributed by atoms with Crippen molar-refractivity contribution in [2.24, 2.45) is 5.10 Å². The van der Waals surface area contributed by atoms with Crippen LogP contribution in [0.1, 0.15) is 5.56 Å². The van der Waals surface area contributed by atoms with Gasteiger partial charge in [-0.1, -0.05) is 0 Å². The Morgan fingerprint density at radius 1 is 1.33 bits per heavy atom. The molecule has 6 nitrogen and oxygen atoms in total. The van der Waals surface area contributed by atoms with Gasteiger partial charge >= 0.3 is 0 Å². The van der Waals surface area contributed by atoms with Gasteiger partial charge in [0, 0.05) is 26.2 Å². The van der Waals surface area contributed by atoms with E-state index in [-0.39, 0.29) is 5.75 Å². The van der Waals surface area contributed by atoms with E-state index in [0.29, 0.717) is 5.11 Å². The first kappa shape index (κ1) is 15.7. The molecule has 0 unspecified atom stereocenters. The van der Waals surface area contributed by atoms with Crippen LogP contribution >= 0.6 is 12.2 Å². The summed E-state index contributed by atoms with van der Waals surface area (Å²) in [4.78, 5) is 2.33. The lowest BCUT2D eigenvalue weighted by Crippen LogP contribution is -2.42. The van der Waals surface area contributed by atoms with E-state index in [4.69, 9.17) is 17.0 Å². The summed E-state index contributed by atoms with van der Waals surface area (Å²) in [5.74, 6) is 0.236. The number of nitrogens with zero attached hydrogens (tertiary/aromatic N) is 2. The Balaban J connectivity index is 1.61. The van der Waals surface area contributed by atoms with Gasteiger partial charge in [-0.05, 0) is 42.0 Å². The number of ether oxygens (including phenoxy) is 1. The number of thiocarbonyl (C=S) groups is 1. The van der Waals surface area contributed by atoms with E-state index < -0.39 is 0 Å². The zero-order valence-corrected chi connectivity index (χ0v) is 12.6. The Morgan fingerprint density at radius 2 is 2.05 bits per heavy atom. The molecule has 1 heterocycles. The molecule has 0 spiro atoms. The lowest BCUT2D eigenvalue weighted by molar-refractivity contribution is 0.0389. The molecule has 1 aromatic carbocycles. The Labute approximate surface area is 129 Å². The van der Waals surface area contributed by atoms with Crippen LogP contribution in [0, 0.1) is 0 Å². The molecule has 1 saturated heterocycles. The van der Waals surface area contributed by atoms with Crippen LogP contribution in [0.15, 0.2) is 29.4 Å². The maximum absolute atomic E-state index is 9.17. The van der Waals surface area contributed by atoms with E-state index in [2.05, 4.69) is 20.7 Å². The summed E-state index contributed by atoms with van der Waals surface area (Å²) in [6.07, 6.45) is 1.65. The highest BCUT2D eigenvalue weighted by molar-refractivity contribution is 7.80. The van der Waals surface area contributed by atoms with Crippen LogP contribution in [-0.2, 0) is 4.74 Å². The number of benzene rings is 1. The highest BCUT2D eigenvalue weighted by atomic mass is 32.1. The zero-order chi connectivity index (χ0) is 14.9. The predicted molar refractivity (Wildman–Crippen MR) is 86.7 cm³/mol. The van der Waals surface area contributed by atoms with E-state index in [0.717, 1.165) is 45.0 Å². The molecule has 2 rings (SSSR count). The van der Waals surface area contributed by atoms with Crippen LogP contribution in [0.3, 0.4) is 0 Å². The van der Waals surface area contributed by atoms with Crippen LogP contribution in [-0.4, -0.2) is 60.7 Å². The van der Waals surface area contributed by atoms with Crippen molar-refractivity contribution < 1.29 is 9.84 Å². The number of phenols is 1. The fraction of sp³-hybridized carbons (Fsp3) is 0.429. The Hall–Kier alpha value is -1.70. The first-order valence-corrected chi connectivity index (χ1v) is 7.31. The lowest BCUT2D eigenvalue weighted by atomic mass is 10.2. The molecule has 7 heteroatoms. The van der Waals surface area contributed by atoms with Gasteiger partial charge in [0.15, 0.2) is 5.11 Å². The van der Waals surface area contributed by atoms with E-state index in [1.807, 2.05) is 0 Å². The van der Waals surface area contributed by atoms with Gasteiger partial charge in [0.1, 0.15) is 5.75 Å². The first-order valence-electron chi connectivity index (χ1n) is 6.90. The van der Waals surface area contributed by atoms with Crippen molar-refractivity contribution in [3.8, 4) is 5.75 Å². The predicted octanol–water partition coefficient (Wildman–Crippen LogP) is 0.522. The molecule has 1 aromatic rings. The van der Waals surface area contributed by atoms with Gasteiger partial charge in [0.05, 0.1) is 19.4 Å². The quantitative estimate of drug-likeness (QED) is 0.419. The average molecular weight is 308 g/mol. The van der Waals surface area contributed by atoms with Crippen LogP contribution in [0.4, 0.5) is 0 Å². The second-order valence-electron chi connectivity index (χ2n) is 4.67. The smallest absolute Gasteiger partial charge is 0.187 e. The van der Waals surface area contributed by atoms with Crippen LogP contribution in [0.2, 0.25) is 0 Å². The van der Waals surface area contributed by atoms with E-state index in [1.165, 1.54) is 0 Å². The topological polar surface area (TPSA) is 69.1 Å². The van der Waals surface area contributed by atoms with Crippen molar-refractivity contribution in [3.63, 3.8) is 0 Å². The number of morpholine rings is 1. The summed E-state index contributed by atoms with van der Waals surface area (Å²) < 4.78 is 5.29. The molecule has 0 saturated carbocycles. The van der Waals surface area contributed by atoms with Crippen molar-refractivity contribution in [2.45, 2.75) is 0 Å². The fourth-order valence-electron chi connectivity index (χ4n) is 1.92. The van der Waals surface area contributed by atoms with Crippen molar-refractivity contribution >= 4 is 23.5 Å². The van der Waals surface area contributed by atoms with Crippen molar-refractivity contribution in [2.75, 3.05) is 39.4 Å². The molecule has 0 atom stereocenters. The van der Waals surface area contributed by atoms with Gasteiger partial charge in [0.2, 0.25) is 0 Å². The standard InChI is InChI=1S/C14H20N4O2S/c19-13-3-1-12(2-4-13)11-16-17-14(21)15-5-6-18-7-9-20-10-8-18/h1-4,11,19H,5-10H2,(H2,15,17,21). The molecular weight excluding hydrogens is 288 g/mol. The summed E-state index contributed by atoms with van der Waals surface area (Å²) in [6.45, 7) is 5.27. The normalized spacial score (nSPS) is 16.0. The van der Waals surface area contributed by atoms with Gasteiger partial charge in [-0.15, -0.1) is 0 Å². The van der Waals surface area contributed by atoms with Crippen LogP contribution < -0.4 is 10.7 Å². The molecule has 21 heavy (non-hydrogen) atoms. The van der Waals surface area contributed by atoms with Gasteiger partial charge in [-0.25, -0.2) is 0 Å². The fourth-order valence-corrected chi connectivity index (χ4v) is 2.07. The zero-order valence-electron chi connectivity index (χ0n) is 11.8. The summed E-state index contributed by atoms with van der Waals surface area (Å²) in [7, 11) is 0. The molecule has 1 aliphatic heterocycles. The number of rotatable bonds is 5. The minimum absolute atomic E-state index is 0.236. The summed E-state index contributed by atoms with van der Waals surface area (Å²) in [5.41, 5.74) is 3.65. The van der Waals surface area contributed by atoms with Crippen molar-refractivity contribution in [3.05, 3.63) is 29.8 Å². The maximum atomic E-state index is 9.17. The molecule has 0 aliphatic carbocycles. The third-order valence-corrected chi connectivity index (χ3v) is 3.33. The Kier molecular flexibility index (Phi) is 6.39. The molecule has 1 fully saturated rings. The maximum Gasteiger partial charge on any atom is 0.187 e. The largest absolute Gasteiger partial charge is 0.508 e. The van der Waals surface area contributed by atoms with Gasteiger partial charge in [0.25, 0.3) is 0 Å². The number of hydrogen-bond acceptors (Lipinski definition) is 5. The number of hydrazone groups is 1. The molecule has 3 N–H and O–H groups in total. The summed E-state index contributed by atoms with van der Waals surface area (Å²) >= 11 is 5.14. The Morgan fingerprint density at radius 3 is 2.76 bits per heavy atom. The SMILES string of the molecule is Oc1ccc(C=NNC(=S)NCCN2CCOCC2)cc1. The summed E-state index contributed by atoms with van der Waals surface area (Å²) in [6, 6.07) is 6.77. The highest BCUT2D eigenvalue weighted by Gasteiger charge is 2.09. The van der Waals surface area contributed by atoms with E-state index in [9.17, 15) is 5.11 Å². The molecule has 0 bridgehead atoms. The second kappa shape index (κ2) is 8.56. The van der Waals surface area contributed by atoms with Crippen molar-refractivity contribution in [1.29, 1.82) is 0 Å².